The van der Waals surface area contributed by atoms with Crippen molar-refractivity contribution in [2.45, 2.75) is 123 Å². The van der Waals surface area contributed by atoms with Crippen LogP contribution in [0.2, 0.25) is 0 Å². The van der Waals surface area contributed by atoms with Crippen LogP contribution in [0.1, 0.15) is 86.5 Å². The minimum atomic E-state index is -1.51. The van der Waals surface area contributed by atoms with Crippen LogP contribution in [0.3, 0.4) is 0 Å². The van der Waals surface area contributed by atoms with E-state index in [4.69, 9.17) is 22.9 Å². The summed E-state index contributed by atoms with van der Waals surface area (Å²) in [7, 11) is 0. The molecule has 0 radical (unpaired) electrons. The molecule has 0 saturated carbocycles. The number of unbranched alkanes of at least 4 members (excludes halogenated alkanes) is 1. The van der Waals surface area contributed by atoms with E-state index >= 15 is 0 Å². The van der Waals surface area contributed by atoms with Gasteiger partial charge in [0.25, 0.3) is 0 Å². The second-order valence-electron chi connectivity index (χ2n) is 13.3. The van der Waals surface area contributed by atoms with E-state index in [1.807, 2.05) is 13.8 Å². The SMILES string of the molecule is CC[C@H](C)[C@H](NC(=O)[C@H](CCCN=C(N)N)NC(=O)[C@H](CO)NC(=O)[C@H](CC(C)C)NC(=O)[C@@H](N)C(C)C)C(=O)N[C@@H](CCCCN)C(=O)O. The predicted molar refractivity (Wildman–Crippen MR) is 189 cm³/mol. The summed E-state index contributed by atoms with van der Waals surface area (Å²) in [4.78, 5) is 82.0. The topological polar surface area (TPSA) is 319 Å². The molecule has 0 aliphatic rings. The number of aliphatic imine (C=N–C) groups is 1. The number of hydrogen-bond acceptors (Lipinski definition) is 10. The van der Waals surface area contributed by atoms with Gasteiger partial charge in [-0.3, -0.25) is 29.0 Å². The van der Waals surface area contributed by atoms with E-state index in [0.29, 0.717) is 25.8 Å². The van der Waals surface area contributed by atoms with Gasteiger partial charge in [0.2, 0.25) is 29.5 Å². The molecule has 15 N–H and O–H groups in total. The summed E-state index contributed by atoms with van der Waals surface area (Å²) in [5, 5.41) is 32.4. The minimum Gasteiger partial charge on any atom is -0.480 e. The number of carbonyl (C=O) groups is 6. The molecular weight excluding hydrogens is 652 g/mol. The van der Waals surface area contributed by atoms with Crippen molar-refractivity contribution in [2.75, 3.05) is 19.7 Å². The largest absolute Gasteiger partial charge is 0.480 e. The normalized spacial score (nSPS) is 15.4. The van der Waals surface area contributed by atoms with Gasteiger partial charge in [0.15, 0.2) is 5.96 Å². The molecule has 0 aromatic heterocycles. The number of nitrogens with zero attached hydrogens (tertiary/aromatic N) is 1. The van der Waals surface area contributed by atoms with Crippen LogP contribution < -0.4 is 49.5 Å². The van der Waals surface area contributed by atoms with Crippen LogP contribution in [0.25, 0.3) is 0 Å². The molecule has 0 aromatic rings. The number of carboxylic acids is 1. The molecule has 18 nitrogen and oxygen atoms in total. The quantitative estimate of drug-likeness (QED) is 0.0271. The lowest BCUT2D eigenvalue weighted by atomic mass is 9.96. The molecule has 5 amide bonds. The number of carboxylic acid groups (broad SMARTS) is 1. The predicted octanol–water partition coefficient (Wildman–Crippen LogP) is -2.25. The Morgan fingerprint density at radius 3 is 1.72 bits per heavy atom. The number of guanidine groups is 1. The molecule has 0 bridgehead atoms. The third kappa shape index (κ3) is 17.6. The number of aliphatic hydroxyl groups excluding tert-OH is 1. The van der Waals surface area contributed by atoms with Crippen LogP contribution in [0.5, 0.6) is 0 Å². The smallest absolute Gasteiger partial charge is 0.326 e. The van der Waals surface area contributed by atoms with Gasteiger partial charge in [0, 0.05) is 6.54 Å². The highest BCUT2D eigenvalue weighted by Crippen LogP contribution is 2.12. The van der Waals surface area contributed by atoms with Crippen molar-refractivity contribution >= 4 is 41.5 Å². The number of carbonyl (C=O) groups excluding carboxylic acids is 5. The summed E-state index contributed by atoms with van der Waals surface area (Å²) in [6.45, 7) is 10.3. The van der Waals surface area contributed by atoms with Crippen LogP contribution >= 0.6 is 0 Å². The van der Waals surface area contributed by atoms with E-state index < -0.39 is 84.3 Å². The van der Waals surface area contributed by atoms with Crippen molar-refractivity contribution in [3.8, 4) is 0 Å². The van der Waals surface area contributed by atoms with E-state index in [0.717, 1.165) is 0 Å². The summed E-state index contributed by atoms with van der Waals surface area (Å²) in [5.74, 6) is -5.75. The zero-order valence-corrected chi connectivity index (χ0v) is 30.4. The van der Waals surface area contributed by atoms with E-state index in [2.05, 4.69) is 31.6 Å². The molecule has 0 unspecified atom stereocenters. The number of amides is 5. The molecule has 0 saturated heterocycles. The highest BCUT2D eigenvalue weighted by atomic mass is 16.4. The Labute approximate surface area is 295 Å². The highest BCUT2D eigenvalue weighted by molar-refractivity contribution is 5.96. The molecule has 0 fully saturated rings. The second-order valence-corrected chi connectivity index (χ2v) is 13.3. The Morgan fingerprint density at radius 1 is 0.700 bits per heavy atom. The van der Waals surface area contributed by atoms with Crippen molar-refractivity contribution in [2.24, 2.45) is 45.7 Å². The lowest BCUT2D eigenvalue weighted by Crippen LogP contribution is -2.60. The van der Waals surface area contributed by atoms with Crippen LogP contribution in [0.4, 0.5) is 0 Å². The maximum atomic E-state index is 13.6. The molecule has 288 valence electrons. The average molecular weight is 715 g/mol. The van der Waals surface area contributed by atoms with Crippen molar-refractivity contribution in [1.82, 2.24) is 26.6 Å². The molecule has 0 aliphatic heterocycles. The molecule has 7 atom stereocenters. The maximum Gasteiger partial charge on any atom is 0.326 e. The molecule has 0 aliphatic carbocycles. The van der Waals surface area contributed by atoms with Gasteiger partial charge in [-0.15, -0.1) is 0 Å². The molecule has 18 heteroatoms. The van der Waals surface area contributed by atoms with Crippen LogP contribution in [0, 0.1) is 17.8 Å². The van der Waals surface area contributed by atoms with E-state index in [-0.39, 0.29) is 50.0 Å². The number of nitrogens with one attached hydrogen (secondary N) is 5. The second kappa shape index (κ2) is 24.2. The van der Waals surface area contributed by atoms with E-state index in [1.54, 1.807) is 27.7 Å². The average Bonchev–Trinajstić information content (AvgIpc) is 3.04. The highest BCUT2D eigenvalue weighted by Gasteiger charge is 2.34. The Morgan fingerprint density at radius 2 is 1.22 bits per heavy atom. The maximum absolute atomic E-state index is 13.6. The molecule has 0 spiro atoms. The van der Waals surface area contributed by atoms with Crippen molar-refractivity contribution in [1.29, 1.82) is 0 Å². The molecule has 0 aromatic carbocycles. The van der Waals surface area contributed by atoms with Gasteiger partial charge in [0.05, 0.1) is 12.6 Å². The van der Waals surface area contributed by atoms with Gasteiger partial charge in [-0.1, -0.05) is 48.0 Å². The van der Waals surface area contributed by atoms with E-state index in [9.17, 15) is 39.0 Å². The first-order valence-electron chi connectivity index (χ1n) is 17.3. The van der Waals surface area contributed by atoms with Crippen molar-refractivity contribution < 1.29 is 39.0 Å². The van der Waals surface area contributed by atoms with Crippen molar-refractivity contribution in [3.05, 3.63) is 0 Å². The first-order chi connectivity index (χ1) is 23.4. The van der Waals surface area contributed by atoms with Gasteiger partial charge in [-0.2, -0.15) is 0 Å². The molecule has 50 heavy (non-hydrogen) atoms. The number of aliphatic hydroxyl groups is 1. The van der Waals surface area contributed by atoms with Crippen LogP contribution in [-0.2, 0) is 28.8 Å². The van der Waals surface area contributed by atoms with Crippen LogP contribution in [-0.4, -0.2) is 108 Å². The molecule has 0 heterocycles. The number of rotatable bonds is 25. The summed E-state index contributed by atoms with van der Waals surface area (Å²) >= 11 is 0. The third-order valence-electron chi connectivity index (χ3n) is 8.11. The van der Waals surface area contributed by atoms with Gasteiger partial charge in [-0.25, -0.2) is 4.79 Å². The summed E-state index contributed by atoms with van der Waals surface area (Å²) in [6.07, 6.45) is 2.05. The third-order valence-corrected chi connectivity index (χ3v) is 8.11. The molecule has 0 rings (SSSR count). The summed E-state index contributed by atoms with van der Waals surface area (Å²) in [5.41, 5.74) is 22.3. The number of nitrogens with two attached hydrogens (primary N) is 4. The zero-order valence-electron chi connectivity index (χ0n) is 30.4. The zero-order chi connectivity index (χ0) is 38.6. The van der Waals surface area contributed by atoms with Gasteiger partial charge in [-0.05, 0) is 62.8 Å². The first kappa shape index (κ1) is 46.0. The summed E-state index contributed by atoms with van der Waals surface area (Å²) in [6, 6.07) is -7.09. The van der Waals surface area contributed by atoms with Gasteiger partial charge >= 0.3 is 5.97 Å². The first-order valence-corrected chi connectivity index (χ1v) is 17.3. The van der Waals surface area contributed by atoms with Gasteiger partial charge in [0.1, 0.15) is 30.2 Å². The Kier molecular flexibility index (Phi) is 22.2. The van der Waals surface area contributed by atoms with Crippen LogP contribution in [0.15, 0.2) is 4.99 Å². The lowest BCUT2D eigenvalue weighted by molar-refractivity contribution is -0.143. The van der Waals surface area contributed by atoms with Crippen molar-refractivity contribution in [3.63, 3.8) is 0 Å². The fourth-order valence-corrected chi connectivity index (χ4v) is 4.75. The standard InChI is InChI=1S/C32H62N10O8/c1-7-19(6)25(30(48)39-21(31(49)50)11-8-9-13-33)42-26(44)20(12-10-14-37-32(35)36)38-28(46)23(16-43)41-27(45)22(15-17(2)3)40-29(47)24(34)18(4)5/h17-25,43H,7-16,33-34H2,1-6H3,(H,38,46)(H,39,48)(H,40,47)(H,41,45)(H,42,44)(H,49,50)(H4,35,36,37)/t19-,20-,21-,22-,23-,24-,25-/m0/s1. The minimum absolute atomic E-state index is 0.00868. The fourth-order valence-electron chi connectivity index (χ4n) is 4.75. The summed E-state index contributed by atoms with van der Waals surface area (Å²) < 4.78 is 0. The number of aliphatic carboxylic acids is 1. The molecular formula is C32H62N10O8. The Balaban J connectivity index is 6.11. The Bertz CT molecular complexity index is 1130. The monoisotopic (exact) mass is 714 g/mol. The fraction of sp³-hybridized carbons (Fsp3) is 0.781. The Hall–Kier alpha value is -4.03. The van der Waals surface area contributed by atoms with E-state index in [1.165, 1.54) is 0 Å². The number of hydrogen-bond donors (Lipinski definition) is 11. The lowest BCUT2D eigenvalue weighted by Gasteiger charge is -2.29. The van der Waals surface area contributed by atoms with Gasteiger partial charge < -0.3 is 59.7 Å².